The van der Waals surface area contributed by atoms with Crippen LogP contribution < -0.4 is 4.90 Å². The van der Waals surface area contributed by atoms with Crippen molar-refractivity contribution in [2.75, 3.05) is 18.5 Å². The maximum Gasteiger partial charge on any atom is 0.234 e. The van der Waals surface area contributed by atoms with Crippen molar-refractivity contribution < 1.29 is 18.7 Å². The number of ether oxygens (including phenoxy) is 1. The van der Waals surface area contributed by atoms with Crippen LogP contribution in [0.4, 0.5) is 10.1 Å². The van der Waals surface area contributed by atoms with E-state index < -0.39 is 23.5 Å². The normalized spacial score (nSPS) is 28.8. The third-order valence-electron chi connectivity index (χ3n) is 6.23. The van der Waals surface area contributed by atoms with Crippen LogP contribution >= 0.6 is 0 Å². The highest BCUT2D eigenvalue weighted by atomic mass is 19.1. The summed E-state index contributed by atoms with van der Waals surface area (Å²) in [6.07, 6.45) is 8.13. The Bertz CT molecular complexity index is 1060. The molecule has 7 nitrogen and oxygen atoms in total. The minimum absolute atomic E-state index is 0.159. The fourth-order valence-corrected chi connectivity index (χ4v) is 4.89. The molecule has 30 heavy (non-hydrogen) atoms. The van der Waals surface area contributed by atoms with Gasteiger partial charge < -0.3 is 14.5 Å². The number of carbonyl (C=O) groups excluding carboxylic acids is 2. The van der Waals surface area contributed by atoms with E-state index >= 15 is 0 Å². The molecular weight excluding hydrogens is 387 g/mol. The number of anilines is 1. The van der Waals surface area contributed by atoms with Crippen molar-refractivity contribution in [3.8, 4) is 0 Å². The first-order chi connectivity index (χ1) is 14.4. The molecule has 4 heterocycles. The summed E-state index contributed by atoms with van der Waals surface area (Å²) in [5.41, 5.74) is 1.16. The molecule has 2 fully saturated rings. The Kier molecular flexibility index (Phi) is 4.21. The van der Waals surface area contributed by atoms with Crippen LogP contribution in [-0.4, -0.2) is 52.0 Å². The number of fused-ring (bicyclic) bond motifs is 1. The summed E-state index contributed by atoms with van der Waals surface area (Å²) in [6, 6.07) is 4.35. The van der Waals surface area contributed by atoms with Crippen molar-refractivity contribution >= 4 is 17.5 Å². The van der Waals surface area contributed by atoms with Gasteiger partial charge in [0.25, 0.3) is 0 Å². The lowest BCUT2D eigenvalue weighted by Crippen LogP contribution is -2.44. The maximum absolute atomic E-state index is 13.5. The van der Waals surface area contributed by atoms with E-state index in [1.807, 2.05) is 12.2 Å². The molecule has 0 unspecified atom stereocenters. The Morgan fingerprint density at radius 3 is 2.97 bits per heavy atom. The van der Waals surface area contributed by atoms with Crippen LogP contribution in [0.5, 0.6) is 0 Å². The van der Waals surface area contributed by atoms with Gasteiger partial charge in [-0.25, -0.2) is 4.39 Å². The molecule has 2 saturated heterocycles. The van der Waals surface area contributed by atoms with Crippen molar-refractivity contribution in [3.63, 3.8) is 0 Å². The average molecular weight is 408 g/mol. The molecule has 0 radical (unpaired) electrons. The number of aromatic nitrogens is 2. The number of hydrogen-bond donors (Lipinski definition) is 0. The predicted molar refractivity (Wildman–Crippen MR) is 106 cm³/mol. The Hall–Kier alpha value is -3.13. The summed E-state index contributed by atoms with van der Waals surface area (Å²) in [4.78, 5) is 38.2. The molecule has 2 bridgehead atoms. The Balaban J connectivity index is 1.43. The molecule has 5 rings (SSSR count). The second-order valence-electron chi connectivity index (χ2n) is 8.15. The van der Waals surface area contributed by atoms with Crippen molar-refractivity contribution in [3.05, 3.63) is 66.0 Å². The summed E-state index contributed by atoms with van der Waals surface area (Å²) >= 11 is 0. The summed E-state index contributed by atoms with van der Waals surface area (Å²) in [5, 5.41) is 0. The largest absolute Gasteiger partial charge is 0.360 e. The fourth-order valence-electron chi connectivity index (χ4n) is 4.89. The third kappa shape index (κ3) is 2.74. The molecule has 1 spiro atoms. The average Bonchev–Trinajstić information content (AvgIpc) is 3.36. The Morgan fingerprint density at radius 2 is 2.23 bits per heavy atom. The number of carbonyl (C=O) groups is 2. The summed E-state index contributed by atoms with van der Waals surface area (Å²) in [7, 11) is 1.70. The van der Waals surface area contributed by atoms with Crippen LogP contribution in [0.1, 0.15) is 11.3 Å². The fraction of sp³-hybridized carbons (Fsp3) is 0.364. The zero-order valence-electron chi connectivity index (χ0n) is 16.7. The molecule has 3 aliphatic rings. The lowest BCUT2D eigenvalue weighted by Gasteiger charge is -2.27. The van der Waals surface area contributed by atoms with Gasteiger partial charge in [0, 0.05) is 25.1 Å². The maximum atomic E-state index is 13.5. The van der Waals surface area contributed by atoms with Crippen molar-refractivity contribution in [1.82, 2.24) is 14.9 Å². The number of hydrogen-bond acceptors (Lipinski definition) is 5. The molecule has 154 valence electrons. The van der Waals surface area contributed by atoms with E-state index in [4.69, 9.17) is 4.74 Å². The van der Waals surface area contributed by atoms with Crippen LogP contribution in [0, 0.1) is 24.6 Å². The quantitative estimate of drug-likeness (QED) is 0.722. The van der Waals surface area contributed by atoms with Gasteiger partial charge >= 0.3 is 0 Å². The van der Waals surface area contributed by atoms with Crippen LogP contribution in [0.25, 0.3) is 0 Å². The zero-order valence-corrected chi connectivity index (χ0v) is 16.7. The molecule has 0 N–H and O–H groups in total. The minimum atomic E-state index is -0.823. The van der Waals surface area contributed by atoms with Gasteiger partial charge in [-0.2, -0.15) is 0 Å². The second kappa shape index (κ2) is 6.70. The number of benzene rings is 1. The zero-order chi connectivity index (χ0) is 21.0. The summed E-state index contributed by atoms with van der Waals surface area (Å²) in [6.45, 7) is 2.38. The number of aryl methyl sites for hydroxylation is 1. The van der Waals surface area contributed by atoms with Gasteiger partial charge in [-0.05, 0) is 30.7 Å². The van der Waals surface area contributed by atoms with Crippen LogP contribution in [0.2, 0.25) is 0 Å². The van der Waals surface area contributed by atoms with Gasteiger partial charge in [0.1, 0.15) is 11.4 Å². The number of nitrogens with zero attached hydrogens (tertiary/aromatic N) is 4. The number of amides is 2. The van der Waals surface area contributed by atoms with Crippen LogP contribution in [-0.2, 0) is 20.9 Å². The highest BCUT2D eigenvalue weighted by molar-refractivity contribution is 6.03. The van der Waals surface area contributed by atoms with Crippen molar-refractivity contribution in [2.45, 2.75) is 25.2 Å². The third-order valence-corrected chi connectivity index (χ3v) is 6.23. The van der Waals surface area contributed by atoms with E-state index in [0.717, 1.165) is 0 Å². The molecule has 0 saturated carbocycles. The topological polar surface area (TPSA) is 75.6 Å². The lowest BCUT2D eigenvalue weighted by molar-refractivity contribution is -0.139. The predicted octanol–water partition coefficient (Wildman–Crippen LogP) is 1.87. The van der Waals surface area contributed by atoms with E-state index in [2.05, 4.69) is 9.97 Å². The number of halogens is 1. The highest BCUT2D eigenvalue weighted by Crippen LogP contribution is 2.53. The standard InChI is InChI=1S/C22H21FN4O3/c1-13-9-14(23)3-4-16(13)27-12-22-6-5-17(30-22)18(19(22)21(27)29)20(28)26(2)11-15-10-24-7-8-25-15/h3-10,17-19H,11-12H2,1-2H3/t17-,18+,19+,22-/m0/s1. The molecule has 1 aromatic carbocycles. The van der Waals surface area contributed by atoms with Crippen molar-refractivity contribution in [2.24, 2.45) is 11.8 Å². The van der Waals surface area contributed by atoms with Crippen LogP contribution in [0.3, 0.4) is 0 Å². The van der Waals surface area contributed by atoms with E-state index in [-0.39, 0.29) is 17.6 Å². The van der Waals surface area contributed by atoms with Gasteiger partial charge in [-0.1, -0.05) is 12.2 Å². The minimum Gasteiger partial charge on any atom is -0.360 e. The van der Waals surface area contributed by atoms with Crippen molar-refractivity contribution in [1.29, 1.82) is 0 Å². The molecule has 2 aromatic rings. The van der Waals surface area contributed by atoms with Gasteiger partial charge in [0.2, 0.25) is 11.8 Å². The highest BCUT2D eigenvalue weighted by Gasteiger charge is 2.67. The van der Waals surface area contributed by atoms with E-state index in [1.165, 1.54) is 12.1 Å². The van der Waals surface area contributed by atoms with E-state index in [0.29, 0.717) is 30.0 Å². The molecule has 8 heteroatoms. The molecule has 4 atom stereocenters. The number of rotatable bonds is 4. The SMILES string of the molecule is Cc1cc(F)ccc1N1C[C@]23C=C[C@H](O2)[C@@H](C(=O)N(C)Cc2cnccn2)[C@@H]3C1=O. The second-order valence-corrected chi connectivity index (χ2v) is 8.15. The molecule has 2 amide bonds. The lowest BCUT2D eigenvalue weighted by atomic mass is 9.76. The van der Waals surface area contributed by atoms with E-state index in [1.54, 1.807) is 48.4 Å². The van der Waals surface area contributed by atoms with Gasteiger partial charge in [0.05, 0.1) is 42.9 Å². The summed E-state index contributed by atoms with van der Waals surface area (Å²) in [5.74, 6) is -1.88. The molecule has 0 aliphatic carbocycles. The Morgan fingerprint density at radius 1 is 1.40 bits per heavy atom. The smallest absolute Gasteiger partial charge is 0.234 e. The molecule has 3 aliphatic heterocycles. The first-order valence-electron chi connectivity index (χ1n) is 9.84. The van der Waals surface area contributed by atoms with Gasteiger partial charge in [0.15, 0.2) is 0 Å². The summed E-state index contributed by atoms with van der Waals surface area (Å²) < 4.78 is 19.7. The Labute approximate surface area is 173 Å². The van der Waals surface area contributed by atoms with Gasteiger partial charge in [-0.3, -0.25) is 19.6 Å². The monoisotopic (exact) mass is 408 g/mol. The van der Waals surface area contributed by atoms with E-state index in [9.17, 15) is 14.0 Å². The molecule has 1 aromatic heterocycles. The first kappa shape index (κ1) is 18.9. The first-order valence-corrected chi connectivity index (χ1v) is 9.84. The van der Waals surface area contributed by atoms with Crippen LogP contribution in [0.15, 0.2) is 48.9 Å². The molecular formula is C22H21FN4O3. The van der Waals surface area contributed by atoms with Gasteiger partial charge in [-0.15, -0.1) is 0 Å².